The lowest BCUT2D eigenvalue weighted by molar-refractivity contribution is -0.118. The van der Waals surface area contributed by atoms with Crippen LogP contribution < -0.4 is 5.32 Å². The van der Waals surface area contributed by atoms with E-state index in [0.717, 1.165) is 30.9 Å². The van der Waals surface area contributed by atoms with Crippen LogP contribution in [0.1, 0.15) is 31.4 Å². The van der Waals surface area contributed by atoms with Crippen molar-refractivity contribution in [1.82, 2.24) is 4.90 Å². The van der Waals surface area contributed by atoms with Crippen molar-refractivity contribution < 1.29 is 9.90 Å². The standard InChI is InChI=1S/C18H28N2O2S/c1-13(2)17(21)11-18(22)19-16-5-4-15(10-14(16)3)12-20-6-8-23-9-7-20/h4-5,10,13,17,21H,6-9,11-12H2,1-3H3,(H,19,22). The molecular formula is C18H28N2O2S. The summed E-state index contributed by atoms with van der Waals surface area (Å²) >= 11 is 2.02. The number of thioether (sulfide) groups is 1. The van der Waals surface area contributed by atoms with E-state index in [4.69, 9.17) is 0 Å². The zero-order valence-corrected chi connectivity index (χ0v) is 15.2. The van der Waals surface area contributed by atoms with E-state index < -0.39 is 6.10 Å². The van der Waals surface area contributed by atoms with Crippen LogP contribution in [-0.2, 0) is 11.3 Å². The molecule has 23 heavy (non-hydrogen) atoms. The first-order chi connectivity index (χ1) is 11.0. The van der Waals surface area contributed by atoms with Crippen LogP contribution in [0.25, 0.3) is 0 Å². The third-order valence-corrected chi connectivity index (χ3v) is 5.18. The van der Waals surface area contributed by atoms with Gasteiger partial charge in [0.05, 0.1) is 12.5 Å². The van der Waals surface area contributed by atoms with Gasteiger partial charge in [-0.25, -0.2) is 0 Å². The molecule has 1 unspecified atom stereocenters. The van der Waals surface area contributed by atoms with Gasteiger partial charge >= 0.3 is 0 Å². The monoisotopic (exact) mass is 336 g/mol. The van der Waals surface area contributed by atoms with Crippen molar-refractivity contribution in [2.24, 2.45) is 5.92 Å². The Morgan fingerprint density at radius 3 is 2.65 bits per heavy atom. The summed E-state index contributed by atoms with van der Waals surface area (Å²) in [4.78, 5) is 14.5. The number of benzene rings is 1. The molecular weight excluding hydrogens is 308 g/mol. The van der Waals surface area contributed by atoms with Crippen molar-refractivity contribution in [2.75, 3.05) is 29.9 Å². The van der Waals surface area contributed by atoms with E-state index in [1.165, 1.54) is 17.1 Å². The van der Waals surface area contributed by atoms with Crippen LogP contribution in [0.5, 0.6) is 0 Å². The maximum absolute atomic E-state index is 12.0. The van der Waals surface area contributed by atoms with E-state index in [0.29, 0.717) is 0 Å². The van der Waals surface area contributed by atoms with Crippen LogP contribution in [0.4, 0.5) is 5.69 Å². The largest absolute Gasteiger partial charge is 0.392 e. The zero-order chi connectivity index (χ0) is 16.8. The first-order valence-electron chi connectivity index (χ1n) is 8.33. The fourth-order valence-corrected chi connectivity index (χ4v) is 3.59. The molecule has 5 heteroatoms. The number of amides is 1. The van der Waals surface area contributed by atoms with Crippen LogP contribution in [0, 0.1) is 12.8 Å². The normalized spacial score (nSPS) is 17.3. The van der Waals surface area contributed by atoms with Crippen LogP contribution >= 0.6 is 11.8 Å². The van der Waals surface area contributed by atoms with Crippen LogP contribution in [0.2, 0.25) is 0 Å². The van der Waals surface area contributed by atoms with E-state index in [2.05, 4.69) is 22.3 Å². The van der Waals surface area contributed by atoms with Crippen molar-refractivity contribution in [3.8, 4) is 0 Å². The topological polar surface area (TPSA) is 52.6 Å². The van der Waals surface area contributed by atoms with Gasteiger partial charge in [0, 0.05) is 36.8 Å². The number of carbonyl (C=O) groups excluding carboxylic acids is 1. The summed E-state index contributed by atoms with van der Waals surface area (Å²) in [5.41, 5.74) is 3.19. The highest BCUT2D eigenvalue weighted by atomic mass is 32.2. The highest BCUT2D eigenvalue weighted by Gasteiger charge is 2.15. The minimum atomic E-state index is -0.591. The van der Waals surface area contributed by atoms with Gasteiger partial charge in [-0.05, 0) is 30.0 Å². The second-order valence-electron chi connectivity index (χ2n) is 6.60. The van der Waals surface area contributed by atoms with Gasteiger partial charge in [0.25, 0.3) is 0 Å². The summed E-state index contributed by atoms with van der Waals surface area (Å²) in [6, 6.07) is 6.21. The molecule has 1 amide bonds. The molecule has 1 atom stereocenters. The summed E-state index contributed by atoms with van der Waals surface area (Å²) in [7, 11) is 0. The van der Waals surface area contributed by atoms with E-state index in [-0.39, 0.29) is 18.2 Å². The highest BCUT2D eigenvalue weighted by molar-refractivity contribution is 7.99. The molecule has 1 aromatic carbocycles. The van der Waals surface area contributed by atoms with Gasteiger partial charge < -0.3 is 10.4 Å². The summed E-state index contributed by atoms with van der Waals surface area (Å²) in [6.45, 7) is 9.12. The predicted molar refractivity (Wildman–Crippen MR) is 97.9 cm³/mol. The van der Waals surface area contributed by atoms with E-state index in [1.807, 2.05) is 38.6 Å². The summed E-state index contributed by atoms with van der Waals surface area (Å²) in [5, 5.41) is 12.7. The predicted octanol–water partition coefficient (Wildman–Crippen LogP) is 2.89. The van der Waals surface area contributed by atoms with Gasteiger partial charge in [0.15, 0.2) is 0 Å². The van der Waals surface area contributed by atoms with Gasteiger partial charge in [0.2, 0.25) is 5.91 Å². The number of hydrogen-bond donors (Lipinski definition) is 2. The molecule has 0 aromatic heterocycles. The number of nitrogens with zero attached hydrogens (tertiary/aromatic N) is 1. The second kappa shape index (κ2) is 8.71. The van der Waals surface area contributed by atoms with Crippen molar-refractivity contribution in [2.45, 2.75) is 39.8 Å². The Kier molecular flexibility index (Phi) is 6.93. The third-order valence-electron chi connectivity index (χ3n) is 4.24. The molecule has 2 N–H and O–H groups in total. The molecule has 1 aliphatic heterocycles. The number of aliphatic hydroxyl groups is 1. The molecule has 0 radical (unpaired) electrons. The average molecular weight is 337 g/mol. The van der Waals surface area contributed by atoms with Crippen LogP contribution in [0.15, 0.2) is 18.2 Å². The summed E-state index contributed by atoms with van der Waals surface area (Å²) in [6.07, 6.45) is -0.448. The minimum Gasteiger partial charge on any atom is -0.392 e. The lowest BCUT2D eigenvalue weighted by Gasteiger charge is -2.26. The minimum absolute atomic E-state index is 0.0897. The van der Waals surface area contributed by atoms with Gasteiger partial charge in [-0.2, -0.15) is 11.8 Å². The van der Waals surface area contributed by atoms with Crippen molar-refractivity contribution >= 4 is 23.4 Å². The quantitative estimate of drug-likeness (QED) is 0.839. The van der Waals surface area contributed by atoms with E-state index in [9.17, 15) is 9.90 Å². The molecule has 1 saturated heterocycles. The average Bonchev–Trinajstić information content (AvgIpc) is 2.51. The Hall–Kier alpha value is -1.04. The Morgan fingerprint density at radius 2 is 2.04 bits per heavy atom. The molecule has 2 rings (SSSR count). The maximum Gasteiger partial charge on any atom is 0.226 e. The first kappa shape index (κ1) is 18.3. The number of aryl methyl sites for hydroxylation is 1. The fourth-order valence-electron chi connectivity index (χ4n) is 2.61. The molecule has 0 spiro atoms. The molecule has 4 nitrogen and oxygen atoms in total. The number of carbonyl (C=O) groups is 1. The molecule has 1 fully saturated rings. The smallest absolute Gasteiger partial charge is 0.226 e. The molecule has 0 saturated carbocycles. The third kappa shape index (κ3) is 5.83. The van der Waals surface area contributed by atoms with Gasteiger partial charge in [-0.15, -0.1) is 0 Å². The Labute approximate surface area is 143 Å². The molecule has 1 aromatic rings. The zero-order valence-electron chi connectivity index (χ0n) is 14.3. The Morgan fingerprint density at radius 1 is 1.35 bits per heavy atom. The number of rotatable bonds is 6. The van der Waals surface area contributed by atoms with Gasteiger partial charge in [-0.1, -0.05) is 26.0 Å². The second-order valence-corrected chi connectivity index (χ2v) is 7.83. The van der Waals surface area contributed by atoms with Crippen LogP contribution in [0.3, 0.4) is 0 Å². The number of anilines is 1. The summed E-state index contributed by atoms with van der Waals surface area (Å²) < 4.78 is 0. The maximum atomic E-state index is 12.0. The Bertz CT molecular complexity index is 528. The molecule has 1 heterocycles. The Balaban J connectivity index is 1.92. The summed E-state index contributed by atoms with van der Waals surface area (Å²) in [5.74, 6) is 2.39. The lowest BCUT2D eigenvalue weighted by atomic mass is 10.0. The highest BCUT2D eigenvalue weighted by Crippen LogP contribution is 2.20. The first-order valence-corrected chi connectivity index (χ1v) is 9.48. The number of hydrogen-bond acceptors (Lipinski definition) is 4. The van der Waals surface area contributed by atoms with Gasteiger partial charge in [-0.3, -0.25) is 9.69 Å². The molecule has 128 valence electrons. The van der Waals surface area contributed by atoms with E-state index in [1.54, 1.807) is 0 Å². The van der Waals surface area contributed by atoms with Crippen molar-refractivity contribution in [3.05, 3.63) is 29.3 Å². The number of aliphatic hydroxyl groups excluding tert-OH is 1. The fraction of sp³-hybridized carbons (Fsp3) is 0.611. The van der Waals surface area contributed by atoms with Crippen molar-refractivity contribution in [1.29, 1.82) is 0 Å². The van der Waals surface area contributed by atoms with Crippen molar-refractivity contribution in [3.63, 3.8) is 0 Å². The molecule has 0 aliphatic carbocycles. The molecule has 1 aliphatic rings. The van der Waals surface area contributed by atoms with Crippen LogP contribution in [-0.4, -0.2) is 46.6 Å². The lowest BCUT2D eigenvalue weighted by Crippen LogP contribution is -2.32. The SMILES string of the molecule is Cc1cc(CN2CCSCC2)ccc1NC(=O)CC(O)C(C)C. The van der Waals surface area contributed by atoms with E-state index >= 15 is 0 Å². The van der Waals surface area contributed by atoms with Gasteiger partial charge in [0.1, 0.15) is 0 Å². The molecule has 0 bridgehead atoms. The number of nitrogens with one attached hydrogen (secondary N) is 1.